The van der Waals surface area contributed by atoms with Crippen LogP contribution in [0.1, 0.15) is 19.8 Å². The second-order valence-electron chi connectivity index (χ2n) is 2.76. The summed E-state index contributed by atoms with van der Waals surface area (Å²) in [4.78, 5) is 10.9. The first-order valence-corrected chi connectivity index (χ1v) is 3.79. The fourth-order valence-corrected chi connectivity index (χ4v) is 1.09. The van der Waals surface area contributed by atoms with Crippen molar-refractivity contribution in [1.29, 1.82) is 0 Å². The van der Waals surface area contributed by atoms with Crippen LogP contribution in [0, 0.1) is 0 Å². The van der Waals surface area contributed by atoms with Gasteiger partial charge in [0.25, 0.3) is 0 Å². The maximum absolute atomic E-state index is 10.9. The third kappa shape index (κ3) is 2.35. The van der Waals surface area contributed by atoms with Gasteiger partial charge < -0.3 is 10.6 Å². The van der Waals surface area contributed by atoms with Gasteiger partial charge in [0.15, 0.2) is 0 Å². The monoisotopic (exact) mass is 142 g/mol. The molecule has 1 aliphatic rings. The molecular weight excluding hydrogens is 128 g/mol. The molecule has 1 unspecified atom stereocenters. The summed E-state index contributed by atoms with van der Waals surface area (Å²) >= 11 is 0. The average molecular weight is 142 g/mol. The van der Waals surface area contributed by atoms with E-state index in [2.05, 4.69) is 10.6 Å². The maximum atomic E-state index is 10.9. The molecule has 2 N–H and O–H groups in total. The van der Waals surface area contributed by atoms with Gasteiger partial charge in [-0.05, 0) is 19.9 Å². The highest BCUT2D eigenvalue weighted by Gasteiger charge is 2.09. The highest BCUT2D eigenvalue weighted by atomic mass is 16.1. The first-order valence-electron chi connectivity index (χ1n) is 3.79. The summed E-state index contributed by atoms with van der Waals surface area (Å²) in [6, 6.07) is 0.334. The van der Waals surface area contributed by atoms with Crippen molar-refractivity contribution >= 4 is 5.91 Å². The van der Waals surface area contributed by atoms with Gasteiger partial charge in [0.05, 0.1) is 0 Å². The van der Waals surface area contributed by atoms with Crippen molar-refractivity contribution in [1.82, 2.24) is 10.6 Å². The van der Waals surface area contributed by atoms with Gasteiger partial charge in [0.2, 0.25) is 5.91 Å². The molecule has 0 saturated carbocycles. The minimum atomic E-state index is 0.166. The zero-order valence-corrected chi connectivity index (χ0v) is 6.31. The van der Waals surface area contributed by atoms with E-state index in [0.717, 1.165) is 19.5 Å². The van der Waals surface area contributed by atoms with E-state index in [1.807, 2.05) is 6.92 Å². The highest BCUT2D eigenvalue weighted by Crippen LogP contribution is 1.93. The molecule has 10 heavy (non-hydrogen) atoms. The third-order valence-electron chi connectivity index (χ3n) is 1.66. The van der Waals surface area contributed by atoms with Gasteiger partial charge in [0, 0.05) is 19.0 Å². The molecule has 3 nitrogen and oxygen atoms in total. The molecule has 1 saturated heterocycles. The van der Waals surface area contributed by atoms with Gasteiger partial charge in [-0.2, -0.15) is 0 Å². The molecule has 0 spiro atoms. The molecule has 1 heterocycles. The predicted octanol–water partition coefficient (Wildman–Crippen LogP) is -0.126. The van der Waals surface area contributed by atoms with E-state index >= 15 is 0 Å². The molecule has 1 rings (SSSR count). The zero-order chi connectivity index (χ0) is 7.40. The molecule has 1 aliphatic heterocycles. The molecule has 0 bridgehead atoms. The van der Waals surface area contributed by atoms with E-state index in [0.29, 0.717) is 12.5 Å². The zero-order valence-electron chi connectivity index (χ0n) is 6.31. The van der Waals surface area contributed by atoms with Crippen LogP contribution in [-0.2, 0) is 4.79 Å². The van der Waals surface area contributed by atoms with E-state index in [1.54, 1.807) is 0 Å². The smallest absolute Gasteiger partial charge is 0.221 e. The Labute approximate surface area is 61.2 Å². The minimum absolute atomic E-state index is 0.166. The van der Waals surface area contributed by atoms with Crippen molar-refractivity contribution in [2.24, 2.45) is 0 Å². The lowest BCUT2D eigenvalue weighted by Crippen LogP contribution is -2.39. The fraction of sp³-hybridized carbons (Fsp3) is 0.857. The van der Waals surface area contributed by atoms with Crippen LogP contribution in [0.5, 0.6) is 0 Å². The molecule has 0 aromatic heterocycles. The molecule has 0 aromatic rings. The normalized spacial score (nSPS) is 28.5. The molecule has 58 valence electrons. The number of nitrogens with one attached hydrogen (secondary N) is 2. The molecule has 1 amide bonds. The largest absolute Gasteiger partial charge is 0.356 e. The van der Waals surface area contributed by atoms with Gasteiger partial charge >= 0.3 is 0 Å². The van der Waals surface area contributed by atoms with Crippen LogP contribution in [0.25, 0.3) is 0 Å². The Kier molecular flexibility index (Phi) is 2.68. The van der Waals surface area contributed by atoms with Gasteiger partial charge in [-0.15, -0.1) is 0 Å². The SMILES string of the molecule is CC1CC(=O)NCCCN1. The lowest BCUT2D eigenvalue weighted by atomic mass is 10.2. The van der Waals surface area contributed by atoms with Crippen LogP contribution in [0.2, 0.25) is 0 Å². The molecule has 0 aliphatic carbocycles. The molecule has 1 fully saturated rings. The Morgan fingerprint density at radius 1 is 1.50 bits per heavy atom. The summed E-state index contributed by atoms with van der Waals surface area (Å²) in [5.41, 5.74) is 0. The standard InChI is InChI=1S/C7H14N2O/c1-6-5-7(10)9-4-2-3-8-6/h6,8H,2-5H2,1H3,(H,9,10). The Morgan fingerprint density at radius 3 is 3.10 bits per heavy atom. The van der Waals surface area contributed by atoms with Crippen molar-refractivity contribution in [3.63, 3.8) is 0 Å². The quantitative estimate of drug-likeness (QED) is 0.495. The van der Waals surface area contributed by atoms with Gasteiger partial charge in [-0.25, -0.2) is 0 Å². The van der Waals surface area contributed by atoms with Crippen LogP contribution in [-0.4, -0.2) is 25.0 Å². The molecular formula is C7H14N2O. The second-order valence-corrected chi connectivity index (χ2v) is 2.76. The molecule has 3 heteroatoms. The van der Waals surface area contributed by atoms with Crippen molar-refractivity contribution in [3.05, 3.63) is 0 Å². The van der Waals surface area contributed by atoms with Crippen LogP contribution in [0.4, 0.5) is 0 Å². The summed E-state index contributed by atoms with van der Waals surface area (Å²) in [5.74, 6) is 0.166. The van der Waals surface area contributed by atoms with Crippen LogP contribution in [0.3, 0.4) is 0 Å². The summed E-state index contributed by atoms with van der Waals surface area (Å²) < 4.78 is 0. The van der Waals surface area contributed by atoms with E-state index in [1.165, 1.54) is 0 Å². The highest BCUT2D eigenvalue weighted by molar-refractivity contribution is 5.76. The third-order valence-corrected chi connectivity index (χ3v) is 1.66. The number of hydrogen-bond acceptors (Lipinski definition) is 2. The van der Waals surface area contributed by atoms with Crippen molar-refractivity contribution in [3.8, 4) is 0 Å². The second kappa shape index (κ2) is 3.56. The van der Waals surface area contributed by atoms with Crippen LogP contribution >= 0.6 is 0 Å². The Morgan fingerprint density at radius 2 is 2.30 bits per heavy atom. The number of amides is 1. The molecule has 0 radical (unpaired) electrons. The van der Waals surface area contributed by atoms with Crippen molar-refractivity contribution < 1.29 is 4.79 Å². The predicted molar refractivity (Wildman–Crippen MR) is 39.7 cm³/mol. The van der Waals surface area contributed by atoms with E-state index in [-0.39, 0.29) is 5.91 Å². The van der Waals surface area contributed by atoms with E-state index < -0.39 is 0 Å². The summed E-state index contributed by atoms with van der Waals surface area (Å²) in [5, 5.41) is 6.09. The lowest BCUT2D eigenvalue weighted by molar-refractivity contribution is -0.121. The Balaban J connectivity index is 2.32. The number of rotatable bonds is 0. The Bertz CT molecular complexity index is 125. The fourth-order valence-electron chi connectivity index (χ4n) is 1.09. The average Bonchev–Trinajstić information content (AvgIpc) is 1.83. The van der Waals surface area contributed by atoms with Gasteiger partial charge in [-0.3, -0.25) is 4.79 Å². The topological polar surface area (TPSA) is 41.1 Å². The molecule has 0 aromatic carbocycles. The number of carbonyl (C=O) groups excluding carboxylic acids is 1. The summed E-state index contributed by atoms with van der Waals surface area (Å²) in [7, 11) is 0. The summed E-state index contributed by atoms with van der Waals surface area (Å²) in [6.07, 6.45) is 1.65. The van der Waals surface area contributed by atoms with E-state index in [4.69, 9.17) is 0 Å². The first-order chi connectivity index (χ1) is 4.79. The number of carbonyl (C=O) groups is 1. The van der Waals surface area contributed by atoms with Gasteiger partial charge in [0.1, 0.15) is 0 Å². The Hall–Kier alpha value is -0.570. The maximum Gasteiger partial charge on any atom is 0.221 e. The summed E-state index contributed by atoms with van der Waals surface area (Å²) in [6.45, 7) is 3.87. The minimum Gasteiger partial charge on any atom is -0.356 e. The van der Waals surface area contributed by atoms with Crippen molar-refractivity contribution in [2.45, 2.75) is 25.8 Å². The van der Waals surface area contributed by atoms with Crippen LogP contribution in [0.15, 0.2) is 0 Å². The molecule has 1 atom stereocenters. The number of hydrogen-bond donors (Lipinski definition) is 2. The first kappa shape index (κ1) is 7.54. The lowest BCUT2D eigenvalue weighted by Gasteiger charge is -2.16. The van der Waals surface area contributed by atoms with Gasteiger partial charge in [-0.1, -0.05) is 0 Å². The van der Waals surface area contributed by atoms with E-state index in [9.17, 15) is 4.79 Å². The van der Waals surface area contributed by atoms with Crippen LogP contribution < -0.4 is 10.6 Å². The van der Waals surface area contributed by atoms with Crippen molar-refractivity contribution in [2.75, 3.05) is 13.1 Å².